The van der Waals surface area contributed by atoms with Crippen molar-refractivity contribution in [2.75, 3.05) is 19.7 Å². The topological polar surface area (TPSA) is 72.6 Å². The zero-order chi connectivity index (χ0) is 15.5. The van der Waals surface area contributed by atoms with Crippen molar-refractivity contribution in [1.82, 2.24) is 4.31 Å². The Kier molecular flexibility index (Phi) is 5.37. The van der Waals surface area contributed by atoms with Crippen LogP contribution in [-0.2, 0) is 21.3 Å². The third-order valence-corrected chi connectivity index (χ3v) is 5.96. The number of hydrogen-bond acceptors (Lipinski definition) is 4. The molecule has 118 valence electrons. The second-order valence-corrected chi connectivity index (χ2v) is 7.27. The van der Waals surface area contributed by atoms with Crippen molar-refractivity contribution in [3.05, 3.63) is 29.3 Å². The highest BCUT2D eigenvalue weighted by Gasteiger charge is 2.30. The maximum absolute atomic E-state index is 12.7. The number of nitrogens with two attached hydrogens (primary N) is 1. The normalized spacial score (nSPS) is 18.0. The van der Waals surface area contributed by atoms with Crippen LogP contribution in [0.3, 0.4) is 0 Å². The molecule has 0 aromatic heterocycles. The quantitative estimate of drug-likeness (QED) is 0.897. The summed E-state index contributed by atoms with van der Waals surface area (Å²) in [6.07, 6.45) is 1.70. The fraction of sp³-hybridized carbons (Fsp3) is 0.600. The highest BCUT2D eigenvalue weighted by atomic mass is 32.2. The zero-order valence-electron chi connectivity index (χ0n) is 12.7. The lowest BCUT2D eigenvalue weighted by Crippen LogP contribution is -2.41. The van der Waals surface area contributed by atoms with E-state index in [-0.39, 0.29) is 6.10 Å². The van der Waals surface area contributed by atoms with E-state index in [1.54, 1.807) is 16.4 Å². The van der Waals surface area contributed by atoms with Gasteiger partial charge in [0.25, 0.3) is 0 Å². The number of piperidine rings is 1. The molecule has 1 aromatic carbocycles. The SMILES string of the molecule is CCOC1CCN(S(=O)(=O)c2ccc(CN)cc2C)CC1. The number of benzene rings is 1. The van der Waals surface area contributed by atoms with Crippen molar-refractivity contribution < 1.29 is 13.2 Å². The first-order chi connectivity index (χ1) is 9.98. The standard InChI is InChI=1S/C15H24N2O3S/c1-3-20-14-6-8-17(9-7-14)21(18,19)15-5-4-13(11-16)10-12(15)2/h4-5,10,14H,3,6-9,11,16H2,1-2H3. The molecule has 0 saturated carbocycles. The molecule has 0 amide bonds. The predicted octanol–water partition coefficient (Wildman–Crippen LogP) is 1.64. The maximum atomic E-state index is 12.7. The number of nitrogens with zero attached hydrogens (tertiary/aromatic N) is 1. The van der Waals surface area contributed by atoms with Gasteiger partial charge in [0.15, 0.2) is 0 Å². The summed E-state index contributed by atoms with van der Waals surface area (Å²) in [7, 11) is -3.42. The minimum atomic E-state index is -3.42. The molecule has 5 nitrogen and oxygen atoms in total. The van der Waals surface area contributed by atoms with Crippen molar-refractivity contribution in [3.8, 4) is 0 Å². The van der Waals surface area contributed by atoms with E-state index >= 15 is 0 Å². The minimum absolute atomic E-state index is 0.183. The van der Waals surface area contributed by atoms with Crippen molar-refractivity contribution in [3.63, 3.8) is 0 Å². The van der Waals surface area contributed by atoms with Gasteiger partial charge in [-0.1, -0.05) is 12.1 Å². The summed E-state index contributed by atoms with van der Waals surface area (Å²) in [5.41, 5.74) is 7.29. The van der Waals surface area contributed by atoms with Gasteiger partial charge in [-0.15, -0.1) is 0 Å². The molecule has 1 saturated heterocycles. The van der Waals surface area contributed by atoms with Gasteiger partial charge >= 0.3 is 0 Å². The average molecular weight is 312 g/mol. The van der Waals surface area contributed by atoms with Crippen LogP contribution >= 0.6 is 0 Å². The lowest BCUT2D eigenvalue weighted by Gasteiger charge is -2.31. The first-order valence-corrected chi connectivity index (χ1v) is 8.84. The molecule has 1 fully saturated rings. The monoisotopic (exact) mass is 312 g/mol. The third-order valence-electron chi connectivity index (χ3n) is 3.90. The van der Waals surface area contributed by atoms with Crippen LogP contribution in [0.4, 0.5) is 0 Å². The molecule has 1 aliphatic heterocycles. The van der Waals surface area contributed by atoms with E-state index in [0.717, 1.165) is 24.0 Å². The van der Waals surface area contributed by atoms with E-state index in [1.807, 2.05) is 19.9 Å². The van der Waals surface area contributed by atoms with Crippen LogP contribution in [0.5, 0.6) is 0 Å². The Hall–Kier alpha value is -0.950. The first kappa shape index (κ1) is 16.4. The molecule has 0 unspecified atom stereocenters. The molecule has 2 N–H and O–H groups in total. The zero-order valence-corrected chi connectivity index (χ0v) is 13.5. The van der Waals surface area contributed by atoms with Crippen molar-refractivity contribution in [2.24, 2.45) is 5.73 Å². The van der Waals surface area contributed by atoms with Crippen LogP contribution in [0, 0.1) is 6.92 Å². The molecule has 0 bridgehead atoms. The molecule has 1 aromatic rings. The molecule has 2 rings (SSSR count). The van der Waals surface area contributed by atoms with Crippen LogP contribution in [0.2, 0.25) is 0 Å². The molecule has 21 heavy (non-hydrogen) atoms. The summed E-state index contributed by atoms with van der Waals surface area (Å²) >= 11 is 0. The number of ether oxygens (including phenoxy) is 1. The van der Waals surface area contributed by atoms with E-state index in [2.05, 4.69) is 0 Å². The molecular weight excluding hydrogens is 288 g/mol. The Morgan fingerprint density at radius 2 is 2.00 bits per heavy atom. The van der Waals surface area contributed by atoms with Crippen LogP contribution in [0.1, 0.15) is 30.9 Å². The Labute approximate surface area is 127 Å². The van der Waals surface area contributed by atoms with Gasteiger partial charge in [-0.2, -0.15) is 4.31 Å². The van der Waals surface area contributed by atoms with E-state index < -0.39 is 10.0 Å². The molecular formula is C15H24N2O3S. The Bertz CT molecular complexity index is 579. The van der Waals surface area contributed by atoms with Gasteiger partial charge < -0.3 is 10.5 Å². The Morgan fingerprint density at radius 1 is 1.33 bits per heavy atom. The summed E-state index contributed by atoms with van der Waals surface area (Å²) in [4.78, 5) is 0.384. The maximum Gasteiger partial charge on any atom is 0.243 e. The Morgan fingerprint density at radius 3 is 2.52 bits per heavy atom. The van der Waals surface area contributed by atoms with Crippen molar-refractivity contribution in [2.45, 2.75) is 44.2 Å². The van der Waals surface area contributed by atoms with Crippen LogP contribution in [0.25, 0.3) is 0 Å². The summed E-state index contributed by atoms with van der Waals surface area (Å²) in [5, 5.41) is 0. The van der Waals surface area contributed by atoms with Gasteiger partial charge in [0.2, 0.25) is 10.0 Å². The second kappa shape index (κ2) is 6.87. The van der Waals surface area contributed by atoms with Gasteiger partial charge in [-0.25, -0.2) is 8.42 Å². The third kappa shape index (κ3) is 3.63. The molecule has 1 aliphatic rings. The number of rotatable bonds is 5. The van der Waals surface area contributed by atoms with Crippen molar-refractivity contribution in [1.29, 1.82) is 0 Å². The van der Waals surface area contributed by atoms with E-state index in [0.29, 0.717) is 31.1 Å². The highest BCUT2D eigenvalue weighted by Crippen LogP contribution is 2.25. The summed E-state index contributed by atoms with van der Waals surface area (Å²) < 4.78 is 32.6. The largest absolute Gasteiger partial charge is 0.378 e. The lowest BCUT2D eigenvalue weighted by molar-refractivity contribution is 0.0290. The number of sulfonamides is 1. The minimum Gasteiger partial charge on any atom is -0.378 e. The van der Waals surface area contributed by atoms with Gasteiger partial charge in [0.05, 0.1) is 11.0 Å². The molecule has 6 heteroatoms. The van der Waals surface area contributed by atoms with E-state index in [4.69, 9.17) is 10.5 Å². The van der Waals surface area contributed by atoms with Crippen LogP contribution < -0.4 is 5.73 Å². The van der Waals surface area contributed by atoms with E-state index in [1.165, 1.54) is 0 Å². The molecule has 0 radical (unpaired) electrons. The lowest BCUT2D eigenvalue weighted by atomic mass is 10.1. The average Bonchev–Trinajstić information content (AvgIpc) is 2.47. The summed E-state index contributed by atoms with van der Waals surface area (Å²) in [6.45, 7) is 5.92. The molecule has 0 spiro atoms. The molecule has 0 aliphatic carbocycles. The smallest absolute Gasteiger partial charge is 0.243 e. The summed E-state index contributed by atoms with van der Waals surface area (Å²) in [5.74, 6) is 0. The first-order valence-electron chi connectivity index (χ1n) is 7.40. The fourth-order valence-electron chi connectivity index (χ4n) is 2.74. The second-order valence-electron chi connectivity index (χ2n) is 5.36. The fourth-order valence-corrected chi connectivity index (χ4v) is 4.42. The molecule has 1 heterocycles. The van der Waals surface area contributed by atoms with Crippen molar-refractivity contribution >= 4 is 10.0 Å². The van der Waals surface area contributed by atoms with Gasteiger partial charge in [0.1, 0.15) is 0 Å². The Balaban J connectivity index is 2.16. The summed E-state index contributed by atoms with van der Waals surface area (Å²) in [6, 6.07) is 5.30. The van der Waals surface area contributed by atoms with E-state index in [9.17, 15) is 8.42 Å². The number of hydrogen-bond donors (Lipinski definition) is 1. The highest BCUT2D eigenvalue weighted by molar-refractivity contribution is 7.89. The van der Waals surface area contributed by atoms with Crippen LogP contribution in [-0.4, -0.2) is 38.5 Å². The molecule has 0 atom stereocenters. The predicted molar refractivity (Wildman–Crippen MR) is 82.5 cm³/mol. The number of aryl methyl sites for hydroxylation is 1. The van der Waals surface area contributed by atoms with Gasteiger partial charge in [0, 0.05) is 26.2 Å². The van der Waals surface area contributed by atoms with Gasteiger partial charge in [-0.05, 0) is 43.9 Å². The van der Waals surface area contributed by atoms with Gasteiger partial charge in [-0.3, -0.25) is 0 Å². The van der Waals surface area contributed by atoms with Crippen LogP contribution in [0.15, 0.2) is 23.1 Å².